The van der Waals surface area contributed by atoms with E-state index in [1.165, 1.54) is 0 Å². The summed E-state index contributed by atoms with van der Waals surface area (Å²) in [5, 5.41) is 13.4. The second kappa shape index (κ2) is 15.9. The highest BCUT2D eigenvalue weighted by molar-refractivity contribution is 5.87. The molecule has 0 radical (unpaired) electrons. The zero-order valence-electron chi connectivity index (χ0n) is 16.3. The Morgan fingerprint density at radius 3 is 2.24 bits per heavy atom. The first-order valence-corrected chi connectivity index (χ1v) is 9.73. The number of amides is 1. The van der Waals surface area contributed by atoms with Crippen LogP contribution in [0.1, 0.15) is 72.1 Å². The number of allylic oxidation sites excluding steroid dienone is 7. The fourth-order valence-corrected chi connectivity index (χ4v) is 2.48. The fourth-order valence-electron chi connectivity index (χ4n) is 2.48. The molecule has 0 aromatic carbocycles. The van der Waals surface area contributed by atoms with Crippen LogP contribution in [0.15, 0.2) is 48.6 Å². The predicted octanol–water partition coefficient (Wildman–Crippen LogP) is 5.24. The SMILES string of the molecule is CCC=CC=CC=CCCC=CC(=O)NCC(O)(CCC)CCCC. The van der Waals surface area contributed by atoms with E-state index in [-0.39, 0.29) is 5.91 Å². The molecule has 0 saturated heterocycles. The van der Waals surface area contributed by atoms with Gasteiger partial charge in [-0.15, -0.1) is 0 Å². The Bertz CT molecular complexity index is 449. The third-order valence-corrected chi connectivity index (χ3v) is 3.91. The molecule has 0 saturated carbocycles. The van der Waals surface area contributed by atoms with Crippen LogP contribution in [0, 0.1) is 0 Å². The van der Waals surface area contributed by atoms with Crippen LogP contribution >= 0.6 is 0 Å². The normalized spacial score (nSPS) is 14.9. The van der Waals surface area contributed by atoms with E-state index in [4.69, 9.17) is 0 Å². The Kier molecular flexibility index (Phi) is 14.9. The summed E-state index contributed by atoms with van der Waals surface area (Å²) in [5.74, 6) is -0.125. The molecule has 0 heterocycles. The molecule has 0 aliphatic heterocycles. The van der Waals surface area contributed by atoms with E-state index in [1.54, 1.807) is 6.08 Å². The topological polar surface area (TPSA) is 49.3 Å². The van der Waals surface area contributed by atoms with Crippen LogP contribution in [-0.2, 0) is 4.79 Å². The molecule has 1 unspecified atom stereocenters. The molecule has 142 valence electrons. The summed E-state index contributed by atoms with van der Waals surface area (Å²) in [7, 11) is 0. The number of hydrogen-bond donors (Lipinski definition) is 2. The number of nitrogens with one attached hydrogen (secondary N) is 1. The van der Waals surface area contributed by atoms with Crippen LogP contribution < -0.4 is 5.32 Å². The van der Waals surface area contributed by atoms with Crippen molar-refractivity contribution in [3.63, 3.8) is 0 Å². The predicted molar refractivity (Wildman–Crippen MR) is 108 cm³/mol. The van der Waals surface area contributed by atoms with Gasteiger partial charge in [-0.2, -0.15) is 0 Å². The quantitative estimate of drug-likeness (QED) is 0.256. The number of unbranched alkanes of at least 4 members (excludes halogenated alkanes) is 2. The van der Waals surface area contributed by atoms with Gasteiger partial charge in [0.2, 0.25) is 5.91 Å². The maximum atomic E-state index is 11.9. The molecule has 0 aliphatic carbocycles. The van der Waals surface area contributed by atoms with Crippen molar-refractivity contribution in [1.82, 2.24) is 5.32 Å². The molecule has 0 rings (SSSR count). The van der Waals surface area contributed by atoms with Crippen molar-refractivity contribution in [1.29, 1.82) is 0 Å². The molecule has 3 nitrogen and oxygen atoms in total. The highest BCUT2D eigenvalue weighted by Gasteiger charge is 2.25. The highest BCUT2D eigenvalue weighted by Crippen LogP contribution is 2.19. The van der Waals surface area contributed by atoms with Crippen molar-refractivity contribution in [2.75, 3.05) is 6.54 Å². The minimum atomic E-state index is -0.768. The van der Waals surface area contributed by atoms with Gasteiger partial charge in [0.05, 0.1) is 5.60 Å². The van der Waals surface area contributed by atoms with Gasteiger partial charge < -0.3 is 10.4 Å². The van der Waals surface area contributed by atoms with Gasteiger partial charge in [-0.05, 0) is 38.2 Å². The summed E-state index contributed by atoms with van der Waals surface area (Å²) in [5.41, 5.74) is -0.768. The van der Waals surface area contributed by atoms with Crippen molar-refractivity contribution < 1.29 is 9.90 Å². The molecule has 0 aromatic heterocycles. The van der Waals surface area contributed by atoms with Gasteiger partial charge in [0.15, 0.2) is 0 Å². The maximum absolute atomic E-state index is 11.9. The molecule has 1 atom stereocenters. The average molecular weight is 348 g/mol. The lowest BCUT2D eigenvalue weighted by molar-refractivity contribution is -0.118. The molecule has 2 N–H and O–H groups in total. The van der Waals surface area contributed by atoms with Crippen LogP contribution in [0.3, 0.4) is 0 Å². The van der Waals surface area contributed by atoms with E-state index >= 15 is 0 Å². The number of carbonyl (C=O) groups excluding carboxylic acids is 1. The number of hydrogen-bond acceptors (Lipinski definition) is 2. The molecule has 0 fully saturated rings. The standard InChI is InChI=1S/C22H37NO2/c1-4-7-9-10-11-12-13-14-15-16-17-21(24)23-20-22(25,18-6-3)19-8-5-2/h7,9-13,16-17,25H,4-6,8,14-15,18-20H2,1-3H3,(H,23,24). The van der Waals surface area contributed by atoms with E-state index in [0.717, 1.165) is 51.4 Å². The first-order valence-electron chi connectivity index (χ1n) is 9.73. The molecule has 0 spiro atoms. The van der Waals surface area contributed by atoms with E-state index in [0.29, 0.717) is 6.54 Å². The van der Waals surface area contributed by atoms with Gasteiger partial charge in [-0.25, -0.2) is 0 Å². The molecule has 0 aliphatic rings. The van der Waals surface area contributed by atoms with Gasteiger partial charge in [0.1, 0.15) is 0 Å². The third-order valence-electron chi connectivity index (χ3n) is 3.91. The van der Waals surface area contributed by atoms with Crippen molar-refractivity contribution in [2.24, 2.45) is 0 Å². The monoisotopic (exact) mass is 347 g/mol. The molecule has 1 amide bonds. The van der Waals surface area contributed by atoms with Crippen molar-refractivity contribution in [2.45, 2.75) is 77.7 Å². The number of aliphatic hydroxyl groups is 1. The molecule has 25 heavy (non-hydrogen) atoms. The minimum Gasteiger partial charge on any atom is -0.388 e. The van der Waals surface area contributed by atoms with Crippen molar-refractivity contribution >= 4 is 5.91 Å². The summed E-state index contributed by atoms with van der Waals surface area (Å²) >= 11 is 0. The van der Waals surface area contributed by atoms with Gasteiger partial charge in [-0.3, -0.25) is 4.79 Å². The molecule has 0 aromatic rings. The lowest BCUT2D eigenvalue weighted by Gasteiger charge is -2.27. The number of carbonyl (C=O) groups is 1. The Labute approximate surface area is 154 Å². The van der Waals surface area contributed by atoms with Crippen LogP contribution in [0.4, 0.5) is 0 Å². The summed E-state index contributed by atoms with van der Waals surface area (Å²) in [6, 6.07) is 0. The average Bonchev–Trinajstić information content (AvgIpc) is 2.60. The van der Waals surface area contributed by atoms with Gasteiger partial charge >= 0.3 is 0 Å². The van der Waals surface area contributed by atoms with E-state index in [2.05, 4.69) is 38.2 Å². The summed E-state index contributed by atoms with van der Waals surface area (Å²) < 4.78 is 0. The first kappa shape index (κ1) is 23.4. The van der Waals surface area contributed by atoms with Crippen molar-refractivity contribution in [3.05, 3.63) is 48.6 Å². The Morgan fingerprint density at radius 1 is 0.920 bits per heavy atom. The molecular weight excluding hydrogens is 310 g/mol. The van der Waals surface area contributed by atoms with E-state index < -0.39 is 5.60 Å². The zero-order chi connectivity index (χ0) is 18.8. The molecule has 3 heteroatoms. The van der Waals surface area contributed by atoms with Crippen LogP contribution in [0.5, 0.6) is 0 Å². The Balaban J connectivity index is 4.03. The zero-order valence-corrected chi connectivity index (χ0v) is 16.3. The van der Waals surface area contributed by atoms with Gasteiger partial charge in [-0.1, -0.05) is 82.6 Å². The largest absolute Gasteiger partial charge is 0.388 e. The maximum Gasteiger partial charge on any atom is 0.243 e. The number of rotatable bonds is 14. The lowest BCUT2D eigenvalue weighted by atomic mass is 9.91. The van der Waals surface area contributed by atoms with E-state index in [9.17, 15) is 9.90 Å². The molecular formula is C22H37NO2. The third kappa shape index (κ3) is 14.4. The first-order chi connectivity index (χ1) is 12.1. The van der Waals surface area contributed by atoms with Crippen LogP contribution in [0.25, 0.3) is 0 Å². The van der Waals surface area contributed by atoms with E-state index in [1.807, 2.05) is 30.4 Å². The summed E-state index contributed by atoms with van der Waals surface area (Å²) in [6.45, 7) is 6.61. The summed E-state index contributed by atoms with van der Waals surface area (Å²) in [4.78, 5) is 11.9. The van der Waals surface area contributed by atoms with Crippen LogP contribution in [-0.4, -0.2) is 23.2 Å². The molecule has 0 bridgehead atoms. The Morgan fingerprint density at radius 2 is 1.60 bits per heavy atom. The van der Waals surface area contributed by atoms with Gasteiger partial charge in [0, 0.05) is 6.54 Å². The van der Waals surface area contributed by atoms with Gasteiger partial charge in [0.25, 0.3) is 0 Å². The second-order valence-electron chi connectivity index (χ2n) is 6.42. The lowest BCUT2D eigenvalue weighted by Crippen LogP contribution is -2.42. The minimum absolute atomic E-state index is 0.125. The van der Waals surface area contributed by atoms with Crippen molar-refractivity contribution in [3.8, 4) is 0 Å². The van der Waals surface area contributed by atoms with Crippen LogP contribution in [0.2, 0.25) is 0 Å². The smallest absolute Gasteiger partial charge is 0.243 e. The highest BCUT2D eigenvalue weighted by atomic mass is 16.3. The summed E-state index contributed by atoms with van der Waals surface area (Å²) in [6.07, 6.45) is 22.9. The Hall–Kier alpha value is -1.61. The fraction of sp³-hybridized carbons (Fsp3) is 0.591. The second-order valence-corrected chi connectivity index (χ2v) is 6.42.